The number of anilines is 1. The number of hydrogen-bond acceptors (Lipinski definition) is 5. The fourth-order valence-corrected chi connectivity index (χ4v) is 3.23. The van der Waals surface area contributed by atoms with Gasteiger partial charge in [-0.2, -0.15) is 0 Å². The first kappa shape index (κ1) is 18.7. The molecule has 0 aliphatic carbocycles. The van der Waals surface area contributed by atoms with Crippen LogP contribution in [-0.4, -0.2) is 25.7 Å². The molecule has 0 aliphatic heterocycles. The molecule has 140 valence electrons. The largest absolute Gasteiger partial charge is 0.465 e. The highest BCUT2D eigenvalue weighted by Crippen LogP contribution is 2.25. The van der Waals surface area contributed by atoms with Gasteiger partial charge in [-0.05, 0) is 37.1 Å². The van der Waals surface area contributed by atoms with E-state index in [1.54, 1.807) is 38.1 Å². The van der Waals surface area contributed by atoms with Crippen LogP contribution in [0.2, 0.25) is 5.02 Å². The smallest absolute Gasteiger partial charge is 0.405 e. The number of rotatable bonds is 4. The van der Waals surface area contributed by atoms with Crippen molar-refractivity contribution < 1.29 is 9.90 Å². The molecule has 1 aromatic carbocycles. The van der Waals surface area contributed by atoms with Crippen LogP contribution < -0.4 is 16.6 Å². The van der Waals surface area contributed by atoms with Crippen LogP contribution in [0, 0.1) is 6.92 Å². The maximum Gasteiger partial charge on any atom is 0.405 e. The van der Waals surface area contributed by atoms with E-state index >= 15 is 0 Å². The van der Waals surface area contributed by atoms with E-state index in [1.165, 1.54) is 10.8 Å². The van der Waals surface area contributed by atoms with Crippen LogP contribution in [0.1, 0.15) is 30.8 Å². The highest BCUT2D eigenvalue weighted by Gasteiger charge is 2.23. The molecule has 3 rings (SSSR count). The lowest BCUT2D eigenvalue weighted by atomic mass is 10.1. The molecule has 0 saturated carbocycles. The summed E-state index contributed by atoms with van der Waals surface area (Å²) in [7, 11) is 0. The molecule has 0 saturated heterocycles. The second kappa shape index (κ2) is 7.24. The van der Waals surface area contributed by atoms with Crippen molar-refractivity contribution in [3.63, 3.8) is 0 Å². The number of halogens is 1. The zero-order valence-electron chi connectivity index (χ0n) is 14.7. The van der Waals surface area contributed by atoms with E-state index < -0.39 is 17.7 Å². The predicted molar refractivity (Wildman–Crippen MR) is 103 cm³/mol. The molecule has 1 atom stereocenters. The maximum absolute atomic E-state index is 13.3. The van der Waals surface area contributed by atoms with Crippen LogP contribution in [0.5, 0.6) is 0 Å². The molecule has 0 radical (unpaired) electrons. The van der Waals surface area contributed by atoms with Crippen LogP contribution in [0.25, 0.3) is 16.6 Å². The quantitative estimate of drug-likeness (QED) is 0.632. The number of fused-ring (bicyclic) bond motifs is 1. The first-order chi connectivity index (χ1) is 12.8. The van der Waals surface area contributed by atoms with Gasteiger partial charge < -0.3 is 16.2 Å². The van der Waals surface area contributed by atoms with Crippen molar-refractivity contribution >= 4 is 34.4 Å². The Labute approximate surface area is 159 Å². The van der Waals surface area contributed by atoms with Gasteiger partial charge in [-0.1, -0.05) is 24.6 Å². The van der Waals surface area contributed by atoms with E-state index in [0.717, 1.165) is 0 Å². The van der Waals surface area contributed by atoms with Gasteiger partial charge >= 0.3 is 6.09 Å². The summed E-state index contributed by atoms with van der Waals surface area (Å²) in [5, 5.41) is 12.1. The van der Waals surface area contributed by atoms with Gasteiger partial charge in [0, 0.05) is 0 Å². The maximum atomic E-state index is 13.3. The van der Waals surface area contributed by atoms with Crippen molar-refractivity contribution in [3.05, 3.63) is 57.2 Å². The molecule has 0 aliphatic rings. The zero-order chi connectivity index (χ0) is 19.7. The third-order valence-electron chi connectivity index (χ3n) is 4.24. The van der Waals surface area contributed by atoms with Gasteiger partial charge in [-0.3, -0.25) is 9.36 Å². The van der Waals surface area contributed by atoms with E-state index in [1.807, 2.05) is 0 Å². The molecule has 0 bridgehead atoms. The van der Waals surface area contributed by atoms with Gasteiger partial charge in [0.1, 0.15) is 11.6 Å². The third kappa shape index (κ3) is 3.43. The number of amides is 1. The highest BCUT2D eigenvalue weighted by molar-refractivity contribution is 6.35. The summed E-state index contributed by atoms with van der Waals surface area (Å²) in [6.07, 6.45) is 0.653. The fourth-order valence-electron chi connectivity index (χ4n) is 2.98. The van der Waals surface area contributed by atoms with Crippen LogP contribution in [-0.2, 0) is 0 Å². The summed E-state index contributed by atoms with van der Waals surface area (Å²) in [5.74, 6) is 0.572. The molecule has 1 unspecified atom stereocenters. The zero-order valence-corrected chi connectivity index (χ0v) is 15.5. The molecule has 1 amide bonds. The first-order valence-corrected chi connectivity index (χ1v) is 8.64. The van der Waals surface area contributed by atoms with E-state index in [2.05, 4.69) is 15.3 Å². The summed E-state index contributed by atoms with van der Waals surface area (Å²) in [6.45, 7) is 3.58. The molecule has 2 aromatic heterocycles. The van der Waals surface area contributed by atoms with Crippen LogP contribution in [0.3, 0.4) is 0 Å². The molecule has 9 heteroatoms. The van der Waals surface area contributed by atoms with Crippen molar-refractivity contribution in [3.8, 4) is 5.69 Å². The molecule has 3 aromatic rings. The fraction of sp³-hybridized carbons (Fsp3) is 0.222. The number of aromatic nitrogens is 3. The molecule has 27 heavy (non-hydrogen) atoms. The summed E-state index contributed by atoms with van der Waals surface area (Å²) in [4.78, 5) is 33.2. The highest BCUT2D eigenvalue weighted by atomic mass is 35.5. The number of carbonyl (C=O) groups is 1. The minimum Gasteiger partial charge on any atom is -0.465 e. The second-order valence-corrected chi connectivity index (χ2v) is 6.46. The van der Waals surface area contributed by atoms with Crippen LogP contribution >= 0.6 is 11.6 Å². The Hall–Kier alpha value is -3.13. The summed E-state index contributed by atoms with van der Waals surface area (Å²) >= 11 is 6.24. The van der Waals surface area contributed by atoms with Crippen LogP contribution in [0.4, 0.5) is 10.6 Å². The number of nitrogens with two attached hydrogens (primary N) is 1. The number of carboxylic acid groups (broad SMARTS) is 1. The summed E-state index contributed by atoms with van der Waals surface area (Å²) in [6, 6.07) is 5.90. The number of aryl methyl sites for hydroxylation is 1. The number of nitrogen functional groups attached to an aromatic ring is 1. The number of hydrogen-bond donors (Lipinski definition) is 3. The van der Waals surface area contributed by atoms with Crippen LogP contribution in [0.15, 0.2) is 35.3 Å². The Balaban J connectivity index is 2.42. The Bertz CT molecular complexity index is 1100. The van der Waals surface area contributed by atoms with Gasteiger partial charge in [0.25, 0.3) is 5.56 Å². The van der Waals surface area contributed by atoms with Crippen molar-refractivity contribution in [2.45, 2.75) is 26.3 Å². The Morgan fingerprint density at radius 2 is 2.19 bits per heavy atom. The topological polar surface area (TPSA) is 123 Å². The molecule has 4 N–H and O–H groups in total. The van der Waals surface area contributed by atoms with E-state index in [-0.39, 0.29) is 16.2 Å². The average Bonchev–Trinajstić information content (AvgIpc) is 2.60. The molecule has 8 nitrogen and oxygen atoms in total. The van der Waals surface area contributed by atoms with Crippen molar-refractivity contribution in [1.29, 1.82) is 0 Å². The summed E-state index contributed by atoms with van der Waals surface area (Å²) < 4.78 is 1.35. The standard InChI is InChI=1S/C18H18ClN5O3/c1-3-11(23-18(26)27)16-22-12-6-4-5-10(19)15(12)17(25)24(16)13-8-21-14(20)7-9(13)2/h4-8,11,23H,3H2,1-2H3,(H2,20,21)(H,26,27). The van der Waals surface area contributed by atoms with Gasteiger partial charge in [0.05, 0.1) is 33.9 Å². The minimum atomic E-state index is -1.21. The lowest BCUT2D eigenvalue weighted by molar-refractivity contribution is 0.188. The monoisotopic (exact) mass is 387 g/mol. The number of nitrogens with one attached hydrogen (secondary N) is 1. The molecular formula is C18H18ClN5O3. The SMILES string of the molecule is CCC(NC(=O)O)c1nc2cccc(Cl)c2c(=O)n1-c1cnc(N)cc1C. The molecule has 2 heterocycles. The summed E-state index contributed by atoms with van der Waals surface area (Å²) in [5.41, 5.74) is 6.88. The molecular weight excluding hydrogens is 370 g/mol. The van der Waals surface area contributed by atoms with Gasteiger partial charge in [0.15, 0.2) is 0 Å². The molecule has 0 fully saturated rings. The van der Waals surface area contributed by atoms with E-state index in [9.17, 15) is 14.7 Å². The van der Waals surface area contributed by atoms with E-state index in [0.29, 0.717) is 29.0 Å². The Morgan fingerprint density at radius 1 is 1.44 bits per heavy atom. The number of pyridine rings is 1. The van der Waals surface area contributed by atoms with Crippen molar-refractivity contribution in [1.82, 2.24) is 19.9 Å². The molecule has 0 spiro atoms. The van der Waals surface area contributed by atoms with Gasteiger partial charge in [-0.15, -0.1) is 0 Å². The lowest BCUT2D eigenvalue weighted by Crippen LogP contribution is -2.34. The van der Waals surface area contributed by atoms with Crippen molar-refractivity contribution in [2.24, 2.45) is 0 Å². The van der Waals surface area contributed by atoms with E-state index in [4.69, 9.17) is 17.3 Å². The van der Waals surface area contributed by atoms with Crippen molar-refractivity contribution in [2.75, 3.05) is 5.73 Å². The van der Waals surface area contributed by atoms with Gasteiger partial charge in [-0.25, -0.2) is 14.8 Å². The minimum absolute atomic E-state index is 0.254. The third-order valence-corrected chi connectivity index (χ3v) is 4.55. The first-order valence-electron chi connectivity index (χ1n) is 8.26. The average molecular weight is 388 g/mol. The number of nitrogens with zero attached hydrogens (tertiary/aromatic N) is 3. The predicted octanol–water partition coefficient (Wildman–Crippen LogP) is 3.04. The lowest BCUT2D eigenvalue weighted by Gasteiger charge is -2.21. The Morgan fingerprint density at radius 3 is 2.81 bits per heavy atom. The normalized spacial score (nSPS) is 12.1. The Kier molecular flexibility index (Phi) is 5.00. The second-order valence-electron chi connectivity index (χ2n) is 6.05. The van der Waals surface area contributed by atoms with Gasteiger partial charge in [0.2, 0.25) is 0 Å². The number of benzene rings is 1.